The second-order valence-corrected chi connectivity index (χ2v) is 6.18. The first-order valence-corrected chi connectivity index (χ1v) is 7.17. The van der Waals surface area contributed by atoms with E-state index in [4.69, 9.17) is 5.11 Å². The Labute approximate surface area is 102 Å². The molecule has 0 saturated heterocycles. The monoisotopic (exact) mass is 245 g/mol. The van der Waals surface area contributed by atoms with Crippen LogP contribution in [-0.4, -0.2) is 34.7 Å². The van der Waals surface area contributed by atoms with E-state index in [1.54, 1.807) is 14.0 Å². The van der Waals surface area contributed by atoms with Gasteiger partial charge in [-0.05, 0) is 45.4 Å². The summed E-state index contributed by atoms with van der Waals surface area (Å²) < 4.78 is 0. The van der Waals surface area contributed by atoms with Gasteiger partial charge in [-0.3, -0.25) is 4.79 Å². The minimum absolute atomic E-state index is 0.707. The molecule has 1 aliphatic carbocycles. The van der Waals surface area contributed by atoms with Crippen molar-refractivity contribution >= 4 is 17.7 Å². The molecule has 0 spiro atoms. The lowest BCUT2D eigenvalue weighted by molar-refractivity contribution is -0.144. The van der Waals surface area contributed by atoms with Gasteiger partial charge in [-0.25, -0.2) is 0 Å². The molecule has 1 atom stereocenters. The van der Waals surface area contributed by atoms with Crippen molar-refractivity contribution < 1.29 is 9.90 Å². The summed E-state index contributed by atoms with van der Waals surface area (Å²) in [5.74, 6) is 0.343. The van der Waals surface area contributed by atoms with E-state index in [0.29, 0.717) is 6.42 Å². The van der Waals surface area contributed by atoms with Crippen LogP contribution in [0.1, 0.15) is 45.4 Å². The highest BCUT2D eigenvalue weighted by Crippen LogP contribution is 2.30. The third-order valence-corrected chi connectivity index (χ3v) is 4.97. The predicted octanol–water partition coefficient (Wildman–Crippen LogP) is 2.51. The predicted molar refractivity (Wildman–Crippen MR) is 69.0 cm³/mol. The van der Waals surface area contributed by atoms with Gasteiger partial charge in [0.15, 0.2) is 0 Å². The van der Waals surface area contributed by atoms with Crippen LogP contribution in [0.25, 0.3) is 0 Å². The van der Waals surface area contributed by atoms with Crippen molar-refractivity contribution in [3.05, 3.63) is 0 Å². The van der Waals surface area contributed by atoms with Gasteiger partial charge in [-0.2, -0.15) is 11.8 Å². The molecule has 0 aromatic carbocycles. The largest absolute Gasteiger partial charge is 0.480 e. The zero-order valence-corrected chi connectivity index (χ0v) is 11.1. The molecular formula is C12H23NO2S. The Morgan fingerprint density at radius 3 is 2.62 bits per heavy atom. The Hall–Kier alpha value is -0.220. The molecule has 0 amide bonds. The Morgan fingerprint density at radius 2 is 2.12 bits per heavy atom. The minimum Gasteiger partial charge on any atom is -0.480 e. The van der Waals surface area contributed by atoms with E-state index in [1.807, 2.05) is 11.8 Å². The number of carboxylic acid groups (broad SMARTS) is 1. The van der Waals surface area contributed by atoms with Crippen LogP contribution >= 0.6 is 11.8 Å². The Bertz CT molecular complexity index is 229. The number of hydrogen-bond donors (Lipinski definition) is 2. The van der Waals surface area contributed by atoms with E-state index in [2.05, 4.69) is 5.32 Å². The topological polar surface area (TPSA) is 49.3 Å². The molecule has 1 rings (SSSR count). The maximum absolute atomic E-state index is 11.0. The van der Waals surface area contributed by atoms with Crippen LogP contribution < -0.4 is 5.32 Å². The van der Waals surface area contributed by atoms with Crippen molar-refractivity contribution in [3.8, 4) is 0 Å². The highest BCUT2D eigenvalue weighted by Gasteiger charge is 2.30. The first-order valence-electron chi connectivity index (χ1n) is 6.12. The number of hydrogen-bond acceptors (Lipinski definition) is 3. The number of nitrogens with one attached hydrogen (secondary N) is 1. The molecule has 0 aliphatic heterocycles. The van der Waals surface area contributed by atoms with Gasteiger partial charge in [0.05, 0.1) is 0 Å². The Balaban J connectivity index is 2.15. The molecule has 16 heavy (non-hydrogen) atoms. The lowest BCUT2D eigenvalue weighted by atomic mass is 9.97. The second kappa shape index (κ2) is 6.50. The minimum atomic E-state index is -0.754. The van der Waals surface area contributed by atoms with Crippen molar-refractivity contribution in [3.63, 3.8) is 0 Å². The number of carboxylic acids is 1. The summed E-state index contributed by atoms with van der Waals surface area (Å²) in [6, 6.07) is 0. The number of aliphatic carboxylic acids is 1. The van der Waals surface area contributed by atoms with E-state index < -0.39 is 11.5 Å². The third-order valence-electron chi connectivity index (χ3n) is 3.50. The summed E-state index contributed by atoms with van der Waals surface area (Å²) in [6.07, 6.45) is 7.14. The van der Waals surface area contributed by atoms with E-state index in [0.717, 1.165) is 17.4 Å². The number of rotatable bonds is 7. The van der Waals surface area contributed by atoms with Gasteiger partial charge in [0, 0.05) is 5.25 Å². The molecule has 3 nitrogen and oxygen atoms in total. The SMILES string of the molecule is CNC(C)(CCCSC1CCCC1)C(=O)O. The van der Waals surface area contributed by atoms with Crippen LogP contribution in [0.4, 0.5) is 0 Å². The lowest BCUT2D eigenvalue weighted by Crippen LogP contribution is -2.47. The van der Waals surface area contributed by atoms with Crippen LogP contribution in [0, 0.1) is 0 Å². The average Bonchev–Trinajstić information content (AvgIpc) is 2.76. The molecule has 0 aromatic rings. The second-order valence-electron chi connectivity index (χ2n) is 4.77. The van der Waals surface area contributed by atoms with Crippen molar-refractivity contribution in [1.82, 2.24) is 5.32 Å². The maximum Gasteiger partial charge on any atom is 0.323 e. The summed E-state index contributed by atoms with van der Waals surface area (Å²) in [4.78, 5) is 11.0. The van der Waals surface area contributed by atoms with Crippen LogP contribution in [0.15, 0.2) is 0 Å². The van der Waals surface area contributed by atoms with Crippen molar-refractivity contribution in [2.45, 2.75) is 56.2 Å². The van der Waals surface area contributed by atoms with Gasteiger partial charge in [-0.15, -0.1) is 0 Å². The van der Waals surface area contributed by atoms with Gasteiger partial charge < -0.3 is 10.4 Å². The fourth-order valence-electron chi connectivity index (χ4n) is 2.07. The molecule has 0 heterocycles. The van der Waals surface area contributed by atoms with Crippen LogP contribution in [-0.2, 0) is 4.79 Å². The zero-order valence-electron chi connectivity index (χ0n) is 10.3. The molecule has 4 heteroatoms. The summed E-state index contributed by atoms with van der Waals surface area (Å²) in [5.41, 5.74) is -0.754. The summed E-state index contributed by atoms with van der Waals surface area (Å²) in [5, 5.41) is 12.8. The standard InChI is InChI=1S/C12H23NO2S/c1-12(13-2,11(14)15)8-5-9-16-10-6-3-4-7-10/h10,13H,3-9H2,1-2H3,(H,14,15). The molecule has 1 saturated carbocycles. The molecule has 0 aromatic heterocycles. The summed E-state index contributed by atoms with van der Waals surface area (Å²) >= 11 is 2.03. The Morgan fingerprint density at radius 1 is 1.50 bits per heavy atom. The average molecular weight is 245 g/mol. The quantitative estimate of drug-likeness (QED) is 0.677. The first-order chi connectivity index (χ1) is 7.58. The van der Waals surface area contributed by atoms with E-state index >= 15 is 0 Å². The van der Waals surface area contributed by atoms with Crippen molar-refractivity contribution in [2.75, 3.05) is 12.8 Å². The Kier molecular flexibility index (Phi) is 5.62. The van der Waals surface area contributed by atoms with E-state index in [1.165, 1.54) is 25.7 Å². The zero-order chi connectivity index (χ0) is 12.0. The highest BCUT2D eigenvalue weighted by molar-refractivity contribution is 7.99. The smallest absolute Gasteiger partial charge is 0.323 e. The fraction of sp³-hybridized carbons (Fsp3) is 0.917. The molecule has 1 unspecified atom stereocenters. The normalized spacial score (nSPS) is 20.9. The number of thioether (sulfide) groups is 1. The van der Waals surface area contributed by atoms with E-state index in [9.17, 15) is 4.79 Å². The van der Waals surface area contributed by atoms with Crippen LogP contribution in [0.5, 0.6) is 0 Å². The summed E-state index contributed by atoms with van der Waals surface area (Å²) in [6.45, 7) is 1.76. The molecule has 0 bridgehead atoms. The summed E-state index contributed by atoms with van der Waals surface area (Å²) in [7, 11) is 1.72. The number of likely N-dealkylation sites (N-methyl/N-ethyl adjacent to an activating group) is 1. The number of carbonyl (C=O) groups is 1. The molecule has 1 fully saturated rings. The first kappa shape index (κ1) is 13.8. The maximum atomic E-state index is 11.0. The van der Waals surface area contributed by atoms with Gasteiger partial charge in [0.25, 0.3) is 0 Å². The van der Waals surface area contributed by atoms with E-state index in [-0.39, 0.29) is 0 Å². The van der Waals surface area contributed by atoms with Crippen molar-refractivity contribution in [2.24, 2.45) is 0 Å². The lowest BCUT2D eigenvalue weighted by Gasteiger charge is -2.24. The molecule has 1 aliphatic rings. The molecule has 0 radical (unpaired) electrons. The van der Waals surface area contributed by atoms with Crippen molar-refractivity contribution in [1.29, 1.82) is 0 Å². The highest BCUT2D eigenvalue weighted by atomic mass is 32.2. The molecule has 94 valence electrons. The van der Waals surface area contributed by atoms with Crippen LogP contribution in [0.3, 0.4) is 0 Å². The molecular weight excluding hydrogens is 222 g/mol. The fourth-order valence-corrected chi connectivity index (χ4v) is 3.38. The van der Waals surface area contributed by atoms with Crippen LogP contribution in [0.2, 0.25) is 0 Å². The van der Waals surface area contributed by atoms with Gasteiger partial charge in [-0.1, -0.05) is 12.8 Å². The molecule has 2 N–H and O–H groups in total. The van der Waals surface area contributed by atoms with Gasteiger partial charge in [0.1, 0.15) is 5.54 Å². The third kappa shape index (κ3) is 3.98. The van der Waals surface area contributed by atoms with Gasteiger partial charge in [0.2, 0.25) is 0 Å². The van der Waals surface area contributed by atoms with Gasteiger partial charge >= 0.3 is 5.97 Å².